The van der Waals surface area contributed by atoms with Gasteiger partial charge in [-0.2, -0.15) is 0 Å². The van der Waals surface area contributed by atoms with Crippen LogP contribution in [0.3, 0.4) is 0 Å². The second kappa shape index (κ2) is 6.35. The Labute approximate surface area is 123 Å². The summed E-state index contributed by atoms with van der Waals surface area (Å²) >= 11 is 0. The van der Waals surface area contributed by atoms with Crippen LogP contribution in [0.4, 0.5) is 11.5 Å². The van der Waals surface area contributed by atoms with Gasteiger partial charge in [0.15, 0.2) is 0 Å². The van der Waals surface area contributed by atoms with E-state index in [0.29, 0.717) is 17.3 Å². The van der Waals surface area contributed by atoms with Crippen LogP contribution in [0.15, 0.2) is 42.9 Å². The van der Waals surface area contributed by atoms with Gasteiger partial charge < -0.3 is 10.6 Å². The SMILES string of the molecule is O=C(Nc1ccc(NC2CCCC2)nc1)c1cccnc1. The van der Waals surface area contributed by atoms with E-state index >= 15 is 0 Å². The van der Waals surface area contributed by atoms with Crippen LogP contribution in [-0.2, 0) is 0 Å². The standard InChI is InChI=1S/C16H18N4O/c21-16(12-4-3-9-17-10-12)20-14-7-8-15(18-11-14)19-13-5-1-2-6-13/h3-4,7-11,13H,1-2,5-6H2,(H,18,19)(H,20,21). The number of anilines is 2. The van der Waals surface area contributed by atoms with Crippen molar-refractivity contribution in [2.24, 2.45) is 0 Å². The van der Waals surface area contributed by atoms with E-state index in [2.05, 4.69) is 20.6 Å². The molecule has 3 rings (SSSR count). The molecule has 0 bridgehead atoms. The van der Waals surface area contributed by atoms with Crippen molar-refractivity contribution in [3.05, 3.63) is 48.4 Å². The van der Waals surface area contributed by atoms with Crippen LogP contribution in [0.1, 0.15) is 36.0 Å². The van der Waals surface area contributed by atoms with Crippen molar-refractivity contribution >= 4 is 17.4 Å². The lowest BCUT2D eigenvalue weighted by Gasteiger charge is -2.12. The smallest absolute Gasteiger partial charge is 0.257 e. The predicted molar refractivity (Wildman–Crippen MR) is 82.3 cm³/mol. The molecule has 1 aliphatic carbocycles. The summed E-state index contributed by atoms with van der Waals surface area (Å²) in [7, 11) is 0. The number of pyridine rings is 2. The minimum Gasteiger partial charge on any atom is -0.367 e. The van der Waals surface area contributed by atoms with E-state index in [-0.39, 0.29) is 5.91 Å². The first-order valence-electron chi connectivity index (χ1n) is 7.25. The number of amides is 1. The highest BCUT2D eigenvalue weighted by Gasteiger charge is 2.14. The molecule has 21 heavy (non-hydrogen) atoms. The molecule has 1 fully saturated rings. The molecule has 108 valence electrons. The zero-order valence-electron chi connectivity index (χ0n) is 11.7. The summed E-state index contributed by atoms with van der Waals surface area (Å²) < 4.78 is 0. The largest absolute Gasteiger partial charge is 0.367 e. The van der Waals surface area contributed by atoms with Gasteiger partial charge in [-0.1, -0.05) is 12.8 Å². The summed E-state index contributed by atoms with van der Waals surface area (Å²) in [6, 6.07) is 7.76. The van der Waals surface area contributed by atoms with Crippen molar-refractivity contribution in [2.75, 3.05) is 10.6 Å². The Morgan fingerprint density at radius 2 is 2.00 bits per heavy atom. The van der Waals surface area contributed by atoms with Gasteiger partial charge >= 0.3 is 0 Å². The van der Waals surface area contributed by atoms with E-state index in [1.165, 1.54) is 25.7 Å². The Kier molecular flexibility index (Phi) is 4.09. The third-order valence-electron chi connectivity index (χ3n) is 3.65. The molecule has 0 unspecified atom stereocenters. The number of rotatable bonds is 4. The van der Waals surface area contributed by atoms with Gasteiger partial charge in [-0.25, -0.2) is 4.98 Å². The molecule has 0 spiro atoms. The van der Waals surface area contributed by atoms with Gasteiger partial charge in [0.2, 0.25) is 0 Å². The van der Waals surface area contributed by atoms with E-state index in [1.54, 1.807) is 30.7 Å². The van der Waals surface area contributed by atoms with Crippen molar-refractivity contribution in [3.63, 3.8) is 0 Å². The molecule has 0 radical (unpaired) electrons. The molecule has 0 aromatic carbocycles. The summed E-state index contributed by atoms with van der Waals surface area (Å²) in [4.78, 5) is 20.3. The lowest BCUT2D eigenvalue weighted by molar-refractivity contribution is 0.102. The first kappa shape index (κ1) is 13.5. The maximum Gasteiger partial charge on any atom is 0.257 e. The number of hydrogen-bond acceptors (Lipinski definition) is 4. The van der Waals surface area contributed by atoms with Crippen LogP contribution in [0, 0.1) is 0 Å². The number of nitrogens with zero attached hydrogens (tertiary/aromatic N) is 2. The minimum atomic E-state index is -0.179. The molecule has 2 aromatic rings. The van der Waals surface area contributed by atoms with Gasteiger partial charge in [-0.15, -0.1) is 0 Å². The van der Waals surface area contributed by atoms with Crippen molar-refractivity contribution in [1.82, 2.24) is 9.97 Å². The first-order valence-corrected chi connectivity index (χ1v) is 7.25. The van der Waals surface area contributed by atoms with Gasteiger partial charge in [0.25, 0.3) is 5.91 Å². The van der Waals surface area contributed by atoms with Crippen LogP contribution in [0.5, 0.6) is 0 Å². The number of hydrogen-bond donors (Lipinski definition) is 2. The van der Waals surface area contributed by atoms with Gasteiger partial charge in [0.05, 0.1) is 17.4 Å². The van der Waals surface area contributed by atoms with E-state index in [1.807, 2.05) is 12.1 Å². The van der Waals surface area contributed by atoms with Crippen LogP contribution in [0.2, 0.25) is 0 Å². The number of carbonyl (C=O) groups excluding carboxylic acids is 1. The Morgan fingerprint density at radius 1 is 1.14 bits per heavy atom. The van der Waals surface area contributed by atoms with Crippen LogP contribution in [-0.4, -0.2) is 21.9 Å². The molecule has 2 N–H and O–H groups in total. The van der Waals surface area contributed by atoms with Crippen molar-refractivity contribution in [3.8, 4) is 0 Å². The lowest BCUT2D eigenvalue weighted by atomic mass is 10.2. The molecule has 0 atom stereocenters. The van der Waals surface area contributed by atoms with E-state index in [4.69, 9.17) is 0 Å². The second-order valence-corrected chi connectivity index (χ2v) is 5.25. The quantitative estimate of drug-likeness (QED) is 0.904. The monoisotopic (exact) mass is 282 g/mol. The van der Waals surface area contributed by atoms with Crippen LogP contribution >= 0.6 is 0 Å². The summed E-state index contributed by atoms with van der Waals surface area (Å²) in [6.07, 6.45) is 9.85. The summed E-state index contributed by atoms with van der Waals surface area (Å²) in [6.45, 7) is 0. The fraction of sp³-hybridized carbons (Fsp3) is 0.312. The highest BCUT2D eigenvalue weighted by atomic mass is 16.1. The fourth-order valence-electron chi connectivity index (χ4n) is 2.53. The molecule has 0 aliphatic heterocycles. The second-order valence-electron chi connectivity index (χ2n) is 5.25. The molecular formula is C16H18N4O. The topological polar surface area (TPSA) is 66.9 Å². The van der Waals surface area contributed by atoms with E-state index in [9.17, 15) is 4.79 Å². The molecule has 1 saturated carbocycles. The Hall–Kier alpha value is -2.43. The summed E-state index contributed by atoms with van der Waals surface area (Å²) in [5.74, 6) is 0.683. The number of aromatic nitrogens is 2. The molecule has 5 heteroatoms. The minimum absolute atomic E-state index is 0.179. The summed E-state index contributed by atoms with van der Waals surface area (Å²) in [5, 5.41) is 6.23. The highest BCUT2D eigenvalue weighted by Crippen LogP contribution is 2.21. The van der Waals surface area contributed by atoms with Crippen LogP contribution < -0.4 is 10.6 Å². The molecule has 1 amide bonds. The van der Waals surface area contributed by atoms with Crippen molar-refractivity contribution in [1.29, 1.82) is 0 Å². The lowest BCUT2D eigenvalue weighted by Crippen LogP contribution is -2.16. The predicted octanol–water partition coefficient (Wildman–Crippen LogP) is 3.08. The Bertz CT molecular complexity index is 591. The zero-order valence-corrected chi connectivity index (χ0v) is 11.7. The van der Waals surface area contributed by atoms with Crippen LogP contribution in [0.25, 0.3) is 0 Å². The third-order valence-corrected chi connectivity index (χ3v) is 3.65. The molecule has 2 aromatic heterocycles. The number of carbonyl (C=O) groups is 1. The molecule has 5 nitrogen and oxygen atoms in total. The normalized spacial score (nSPS) is 14.9. The van der Waals surface area contributed by atoms with Gasteiger partial charge in [0, 0.05) is 18.4 Å². The van der Waals surface area contributed by atoms with Crippen molar-refractivity contribution < 1.29 is 4.79 Å². The fourth-order valence-corrected chi connectivity index (χ4v) is 2.53. The average Bonchev–Trinajstić information content (AvgIpc) is 3.03. The van der Waals surface area contributed by atoms with Gasteiger partial charge in [-0.3, -0.25) is 9.78 Å². The highest BCUT2D eigenvalue weighted by molar-refractivity contribution is 6.03. The van der Waals surface area contributed by atoms with Crippen molar-refractivity contribution in [2.45, 2.75) is 31.7 Å². The van der Waals surface area contributed by atoms with Gasteiger partial charge in [-0.05, 0) is 37.1 Å². The first-order chi connectivity index (χ1) is 10.3. The molecule has 2 heterocycles. The summed E-state index contributed by atoms with van der Waals surface area (Å²) in [5.41, 5.74) is 1.21. The molecular weight excluding hydrogens is 264 g/mol. The molecule has 0 saturated heterocycles. The Morgan fingerprint density at radius 3 is 2.67 bits per heavy atom. The molecule has 1 aliphatic rings. The zero-order chi connectivity index (χ0) is 14.5. The number of nitrogens with one attached hydrogen (secondary N) is 2. The maximum atomic E-state index is 12.0. The third kappa shape index (κ3) is 3.56. The average molecular weight is 282 g/mol. The van der Waals surface area contributed by atoms with E-state index in [0.717, 1.165) is 5.82 Å². The maximum absolute atomic E-state index is 12.0. The van der Waals surface area contributed by atoms with Gasteiger partial charge in [0.1, 0.15) is 5.82 Å². The van der Waals surface area contributed by atoms with E-state index < -0.39 is 0 Å². The Balaban J connectivity index is 1.60.